The van der Waals surface area contributed by atoms with Gasteiger partial charge in [0.25, 0.3) is 0 Å². The van der Waals surface area contributed by atoms with E-state index in [2.05, 4.69) is 36.7 Å². The van der Waals surface area contributed by atoms with Crippen molar-refractivity contribution >= 4 is 47.7 Å². The van der Waals surface area contributed by atoms with E-state index in [0.717, 1.165) is 16.0 Å². The second-order valence-corrected chi connectivity index (χ2v) is 24.6. The topological polar surface area (TPSA) is 288 Å². The van der Waals surface area contributed by atoms with Gasteiger partial charge < -0.3 is 54.7 Å². The van der Waals surface area contributed by atoms with Crippen molar-refractivity contribution < 1.29 is 72.3 Å². The second kappa shape index (κ2) is 26.2. The molecule has 21 nitrogen and oxygen atoms in total. The smallest absolute Gasteiger partial charge is 0.504 e. The zero-order valence-corrected chi connectivity index (χ0v) is 50.0. The molecule has 2 heterocycles. The lowest BCUT2D eigenvalue weighted by Crippen LogP contribution is -2.46. The first-order chi connectivity index (χ1) is 37.9. The molecule has 5 N–H and O–H groups in total. The van der Waals surface area contributed by atoms with Crippen LogP contribution in [0.1, 0.15) is 154 Å². The normalized spacial score (nSPS) is 16.3. The van der Waals surface area contributed by atoms with Crippen molar-refractivity contribution in [1.29, 1.82) is 0 Å². The summed E-state index contributed by atoms with van der Waals surface area (Å²) in [5.41, 5.74) is 0.107. The van der Waals surface area contributed by atoms with E-state index in [0.29, 0.717) is 17.2 Å². The van der Waals surface area contributed by atoms with E-state index >= 15 is 9.59 Å². The van der Waals surface area contributed by atoms with Gasteiger partial charge in [-0.2, -0.15) is 0 Å². The van der Waals surface area contributed by atoms with Crippen LogP contribution in [0.5, 0.6) is 17.2 Å². The Bertz CT molecular complexity index is 3030. The van der Waals surface area contributed by atoms with Gasteiger partial charge in [0.1, 0.15) is 41.2 Å². The average molecular weight is 1140 g/mol. The molecule has 4 aromatic rings. The van der Waals surface area contributed by atoms with Crippen LogP contribution in [-0.4, -0.2) is 122 Å². The summed E-state index contributed by atoms with van der Waals surface area (Å²) in [6.07, 6.45) is -4.13. The molecule has 0 unspecified atom stereocenters. The van der Waals surface area contributed by atoms with E-state index in [4.69, 9.17) is 33.7 Å². The van der Waals surface area contributed by atoms with Gasteiger partial charge in [-0.15, -0.1) is 0 Å². The highest BCUT2D eigenvalue weighted by Gasteiger charge is 2.38. The van der Waals surface area contributed by atoms with Crippen molar-refractivity contribution in [3.05, 3.63) is 88.2 Å². The number of aromatic nitrogens is 2. The zero-order chi connectivity index (χ0) is 61.4. The van der Waals surface area contributed by atoms with Gasteiger partial charge in [0.2, 0.25) is 11.8 Å². The Labute approximate surface area is 479 Å². The van der Waals surface area contributed by atoms with Crippen LogP contribution in [-0.2, 0) is 45.2 Å². The number of aliphatic carboxylic acids is 1. The number of alkyl carbamates (subject to hydrolysis) is 2. The highest BCUT2D eigenvalue weighted by Crippen LogP contribution is 2.45. The number of aromatic hydroxyl groups is 1. The van der Waals surface area contributed by atoms with Crippen molar-refractivity contribution in [1.82, 2.24) is 30.8 Å². The molecule has 1 aliphatic heterocycles. The lowest BCUT2D eigenvalue weighted by molar-refractivity contribution is -0.144. The van der Waals surface area contributed by atoms with Gasteiger partial charge >= 0.3 is 24.3 Å². The first-order valence-electron chi connectivity index (χ1n) is 27.2. The average Bonchev–Trinajstić information content (AvgIpc) is 3.39. The lowest BCUT2D eigenvalue weighted by atomic mass is 9.86. The molecule has 0 saturated heterocycles. The zero-order valence-electron chi connectivity index (χ0n) is 50.0. The Morgan fingerprint density at radius 3 is 1.87 bits per heavy atom. The molecule has 4 bridgehead atoms. The third kappa shape index (κ3) is 18.2. The van der Waals surface area contributed by atoms with Crippen LogP contribution in [0, 0.1) is 25.7 Å². The number of phenols is 1. The molecule has 1 aliphatic rings. The molecule has 0 aliphatic carbocycles. The largest absolute Gasteiger partial charge is 0.514 e. The number of carboxylic acids is 1. The number of ketones is 2. The number of hydrogen-bond acceptors (Lipinski definition) is 16. The van der Waals surface area contributed by atoms with Crippen molar-refractivity contribution in [2.75, 3.05) is 26.7 Å². The molecule has 1 aromatic heterocycles. The van der Waals surface area contributed by atoms with E-state index in [-0.39, 0.29) is 77.3 Å². The molecule has 0 radical (unpaired) electrons. The standard InChI is InChI=1S/C61H80N6O15/c1-33-27-45(69)49(67(16)53(72)39(23-24-62-55(75)80-59(7,8)9)32-44(68)48-34(2)64-51(65-35(48)3)37-17-20-40(21-18-37)58(4,5)6)38-19-22-46(79-57(77)82-61(13,14)15)41(31-38)42-28-36(29-43(54(73)74)66-52(33)71)30-47(50(42)70)78-26-25-63-56(76)81-60(10,11)12/h17-22,28,30-31,33,39,43,49,70H,23-27,29,32H2,1-16H3,(H,62,75)(H,63,76)(H,66,71)(H,73,74)/t33-,39-,43+,49+/m1/s1. The number of hydrogen-bond donors (Lipinski definition) is 5. The summed E-state index contributed by atoms with van der Waals surface area (Å²) in [7, 11) is 1.34. The quantitative estimate of drug-likeness (QED) is 0.0243. The Kier molecular flexibility index (Phi) is 20.7. The number of aryl methyl sites for hydroxylation is 2. The first-order valence-corrected chi connectivity index (χ1v) is 27.2. The third-order valence-corrected chi connectivity index (χ3v) is 12.9. The number of benzene rings is 3. The number of rotatable bonds is 15. The number of ether oxygens (including phenoxy) is 5. The first kappa shape index (κ1) is 64.7. The maximum Gasteiger partial charge on any atom is 0.514 e. The monoisotopic (exact) mass is 1140 g/mol. The molecule has 444 valence electrons. The number of nitrogens with zero attached hydrogens (tertiary/aromatic N) is 3. The number of fused-ring (bicyclic) bond motifs is 5. The lowest BCUT2D eigenvalue weighted by Gasteiger charge is -2.32. The molecule has 0 fully saturated rings. The predicted molar refractivity (Wildman–Crippen MR) is 305 cm³/mol. The molecule has 21 heteroatoms. The molecule has 4 amide bonds. The van der Waals surface area contributed by atoms with Crippen LogP contribution >= 0.6 is 0 Å². The Morgan fingerprint density at radius 2 is 1.32 bits per heavy atom. The van der Waals surface area contributed by atoms with Crippen molar-refractivity contribution in [3.63, 3.8) is 0 Å². The van der Waals surface area contributed by atoms with Crippen LogP contribution in [0.2, 0.25) is 0 Å². The van der Waals surface area contributed by atoms with Crippen LogP contribution in [0.3, 0.4) is 0 Å². The fourth-order valence-electron chi connectivity index (χ4n) is 9.07. The minimum Gasteiger partial charge on any atom is -0.504 e. The number of likely N-dealkylation sites (N-methyl/N-ethyl adjacent to an activating group) is 1. The Hall–Kier alpha value is -8.10. The minimum absolute atomic E-state index is 0.0491. The molecular formula is C61H80N6O15. The van der Waals surface area contributed by atoms with Gasteiger partial charge in [0.05, 0.1) is 23.5 Å². The summed E-state index contributed by atoms with van der Waals surface area (Å²) in [4.78, 5) is 121. The van der Waals surface area contributed by atoms with Crippen molar-refractivity contribution in [2.45, 2.75) is 164 Å². The highest BCUT2D eigenvalue weighted by molar-refractivity contribution is 6.01. The van der Waals surface area contributed by atoms with E-state index in [1.165, 1.54) is 44.3 Å². The number of carboxylic acid groups (broad SMARTS) is 1. The molecule has 5 rings (SSSR count). The van der Waals surface area contributed by atoms with Crippen LogP contribution < -0.4 is 25.4 Å². The Morgan fingerprint density at radius 1 is 0.744 bits per heavy atom. The van der Waals surface area contributed by atoms with Gasteiger partial charge in [-0.25, -0.2) is 29.1 Å². The maximum atomic E-state index is 15.3. The number of phenolic OH excluding ortho intramolecular Hbond substituents is 1. The van der Waals surface area contributed by atoms with E-state index in [1.807, 2.05) is 24.3 Å². The molecule has 82 heavy (non-hydrogen) atoms. The Balaban J connectivity index is 1.66. The van der Waals surface area contributed by atoms with Crippen molar-refractivity contribution in [3.8, 4) is 39.8 Å². The number of carbonyl (C=O) groups excluding carboxylic acids is 7. The predicted octanol–water partition coefficient (Wildman–Crippen LogP) is 9.67. The molecule has 0 spiro atoms. The number of amides is 4. The van der Waals surface area contributed by atoms with Crippen LogP contribution in [0.25, 0.3) is 22.5 Å². The number of carbonyl (C=O) groups is 8. The second-order valence-electron chi connectivity index (χ2n) is 24.6. The van der Waals surface area contributed by atoms with Gasteiger partial charge in [0.15, 0.2) is 28.9 Å². The highest BCUT2D eigenvalue weighted by atomic mass is 16.7. The van der Waals surface area contributed by atoms with Gasteiger partial charge in [-0.3, -0.25) is 19.2 Å². The van der Waals surface area contributed by atoms with Gasteiger partial charge in [-0.05, 0) is 129 Å². The summed E-state index contributed by atoms with van der Waals surface area (Å²) in [6, 6.07) is 11.6. The summed E-state index contributed by atoms with van der Waals surface area (Å²) >= 11 is 0. The van der Waals surface area contributed by atoms with Crippen LogP contribution in [0.15, 0.2) is 54.6 Å². The molecule has 4 atom stereocenters. The van der Waals surface area contributed by atoms with Gasteiger partial charge in [0, 0.05) is 61.4 Å². The summed E-state index contributed by atoms with van der Waals surface area (Å²) in [6.45, 7) is 25.6. The summed E-state index contributed by atoms with van der Waals surface area (Å²) in [5, 5.41) is 30.3. The van der Waals surface area contributed by atoms with Crippen LogP contribution in [0.4, 0.5) is 14.4 Å². The molecular weight excluding hydrogens is 1060 g/mol. The number of Topliss-reactive ketones (excluding diaryl/α,β-unsaturated/α-hetero) is 2. The number of nitrogens with one attached hydrogen (secondary N) is 3. The van der Waals surface area contributed by atoms with Crippen molar-refractivity contribution in [2.24, 2.45) is 11.8 Å². The third-order valence-electron chi connectivity index (χ3n) is 12.9. The summed E-state index contributed by atoms with van der Waals surface area (Å²) in [5.74, 6) is -7.11. The fraction of sp³-hybridized carbons (Fsp3) is 0.508. The maximum absolute atomic E-state index is 15.3. The molecule has 3 aromatic carbocycles. The van der Waals surface area contributed by atoms with E-state index < -0.39 is 107 Å². The van der Waals surface area contributed by atoms with Gasteiger partial charge in [-0.1, -0.05) is 58.0 Å². The fourth-order valence-corrected chi connectivity index (χ4v) is 9.07. The van der Waals surface area contributed by atoms with E-state index in [9.17, 15) is 39.0 Å². The SMILES string of the molecule is Cc1nc(-c2ccc(C(C)(C)C)cc2)nc(C)c1C(=O)C[C@@H](CCNC(=O)OC(C)(C)C)C(=O)N(C)[C@@H]1C(=O)C[C@@H](C)C(=O)N[C@H](C(=O)O)Cc2cc(OCCNC(=O)OC(C)(C)C)c(O)c(c2)-c2cc1ccc2OC(=O)OC(C)(C)C. The van der Waals surface area contributed by atoms with E-state index in [1.54, 1.807) is 76.2 Å². The molecule has 0 saturated carbocycles. The summed E-state index contributed by atoms with van der Waals surface area (Å²) < 4.78 is 28.0. The minimum atomic E-state index is -1.59.